The summed E-state index contributed by atoms with van der Waals surface area (Å²) in [5.74, 6) is 1.16. The molecule has 0 amide bonds. The van der Waals surface area contributed by atoms with Crippen molar-refractivity contribution in [3.05, 3.63) is 45.3 Å². The summed E-state index contributed by atoms with van der Waals surface area (Å²) in [4.78, 5) is 35.6. The van der Waals surface area contributed by atoms with E-state index in [9.17, 15) is 14.4 Å². The number of nitrogens with zero attached hydrogens (tertiary/aromatic N) is 1. The molecule has 0 radical (unpaired) electrons. The molecule has 0 saturated heterocycles. The molecule has 0 bridgehead atoms. The summed E-state index contributed by atoms with van der Waals surface area (Å²) in [5, 5.41) is 0. The number of thioether (sulfide) groups is 1. The summed E-state index contributed by atoms with van der Waals surface area (Å²) < 4.78 is 11.9. The lowest BCUT2D eigenvalue weighted by molar-refractivity contribution is -0.138. The van der Waals surface area contributed by atoms with Gasteiger partial charge in [-0.25, -0.2) is 9.59 Å². The van der Waals surface area contributed by atoms with Gasteiger partial charge >= 0.3 is 11.7 Å². The van der Waals surface area contributed by atoms with Gasteiger partial charge < -0.3 is 14.0 Å². The number of aromatic amines is 1. The van der Waals surface area contributed by atoms with Crippen molar-refractivity contribution >= 4 is 17.7 Å². The summed E-state index contributed by atoms with van der Waals surface area (Å²) in [5.41, 5.74) is -0.397. The van der Waals surface area contributed by atoms with Crippen LogP contribution in [0.3, 0.4) is 0 Å². The first-order valence-corrected chi connectivity index (χ1v) is 8.44. The molecule has 0 aliphatic rings. The molecule has 1 heterocycles. The molecule has 0 aliphatic heterocycles. The van der Waals surface area contributed by atoms with Crippen LogP contribution >= 0.6 is 11.8 Å². The van der Waals surface area contributed by atoms with E-state index in [1.807, 2.05) is 0 Å². The molecule has 1 aromatic rings. The van der Waals surface area contributed by atoms with Crippen LogP contribution in [0.2, 0.25) is 0 Å². The van der Waals surface area contributed by atoms with Gasteiger partial charge in [-0.1, -0.05) is 6.58 Å². The highest BCUT2D eigenvalue weighted by atomic mass is 32.2. The Hall–Kier alpha value is -1.80. The maximum atomic E-state index is 11.4. The molecule has 0 unspecified atom stereocenters. The lowest BCUT2D eigenvalue weighted by Crippen LogP contribution is -2.28. The molecule has 0 aliphatic carbocycles. The van der Waals surface area contributed by atoms with Crippen LogP contribution < -0.4 is 11.2 Å². The van der Waals surface area contributed by atoms with Crippen LogP contribution in [0.15, 0.2) is 34.0 Å². The zero-order chi connectivity index (χ0) is 17.1. The van der Waals surface area contributed by atoms with E-state index in [0.29, 0.717) is 38.4 Å². The number of hydrogen-bond acceptors (Lipinski definition) is 6. The fraction of sp³-hybridized carbons (Fsp3) is 0.533. The first kappa shape index (κ1) is 19.2. The highest BCUT2D eigenvalue weighted by Gasteiger charge is 2.02. The first-order chi connectivity index (χ1) is 11.0. The van der Waals surface area contributed by atoms with Gasteiger partial charge in [0.05, 0.1) is 6.61 Å². The number of hydrogen-bond donors (Lipinski definition) is 1. The average Bonchev–Trinajstić information content (AvgIpc) is 2.50. The summed E-state index contributed by atoms with van der Waals surface area (Å²) in [7, 11) is 0. The standard InChI is InChI=1S/C15H22N2O5S/c1-12(2)14(19)22-9-11-23-10-8-21-7-3-5-17-6-4-13(18)16-15(17)20/h4,6H,1,3,5,7-11H2,2H3,(H,16,18,20). The zero-order valence-electron chi connectivity index (χ0n) is 13.2. The van der Waals surface area contributed by atoms with Crippen molar-refractivity contribution in [2.45, 2.75) is 19.9 Å². The zero-order valence-corrected chi connectivity index (χ0v) is 14.0. The fourth-order valence-electron chi connectivity index (χ4n) is 1.60. The van der Waals surface area contributed by atoms with Crippen LogP contribution in [0.1, 0.15) is 13.3 Å². The lowest BCUT2D eigenvalue weighted by atomic mass is 10.4. The van der Waals surface area contributed by atoms with Gasteiger partial charge in [0.15, 0.2) is 0 Å². The van der Waals surface area contributed by atoms with Gasteiger partial charge in [0.1, 0.15) is 6.61 Å². The highest BCUT2D eigenvalue weighted by Crippen LogP contribution is 2.01. The maximum absolute atomic E-state index is 11.4. The topological polar surface area (TPSA) is 90.4 Å². The average molecular weight is 342 g/mol. The van der Waals surface area contributed by atoms with Crippen molar-refractivity contribution in [1.82, 2.24) is 9.55 Å². The minimum atomic E-state index is -0.405. The van der Waals surface area contributed by atoms with E-state index in [1.165, 1.54) is 16.8 Å². The van der Waals surface area contributed by atoms with Crippen molar-refractivity contribution in [2.75, 3.05) is 31.3 Å². The second-order valence-corrected chi connectivity index (χ2v) is 6.02. The number of ether oxygens (including phenoxy) is 2. The van der Waals surface area contributed by atoms with Crippen LogP contribution in [-0.4, -0.2) is 46.8 Å². The molecular formula is C15H22N2O5S. The van der Waals surface area contributed by atoms with E-state index in [2.05, 4.69) is 11.6 Å². The Morgan fingerprint density at radius 2 is 2.04 bits per heavy atom. The Bertz CT molecular complexity index is 623. The van der Waals surface area contributed by atoms with Gasteiger partial charge in [-0.15, -0.1) is 0 Å². The van der Waals surface area contributed by atoms with Gasteiger partial charge in [-0.2, -0.15) is 11.8 Å². The predicted molar refractivity (Wildman–Crippen MR) is 89.9 cm³/mol. The van der Waals surface area contributed by atoms with E-state index < -0.39 is 11.2 Å². The molecule has 1 aromatic heterocycles. The van der Waals surface area contributed by atoms with Gasteiger partial charge in [0, 0.05) is 42.5 Å². The van der Waals surface area contributed by atoms with Crippen molar-refractivity contribution in [3.63, 3.8) is 0 Å². The minimum Gasteiger partial charge on any atom is -0.461 e. The van der Waals surface area contributed by atoms with Crippen LogP contribution in [0.4, 0.5) is 0 Å². The lowest BCUT2D eigenvalue weighted by Gasteiger charge is -2.06. The summed E-state index contributed by atoms with van der Waals surface area (Å²) in [6.07, 6.45) is 2.16. The normalized spacial score (nSPS) is 10.5. The quantitative estimate of drug-likeness (QED) is 0.363. The van der Waals surface area contributed by atoms with Gasteiger partial charge in [-0.3, -0.25) is 9.78 Å². The SMILES string of the molecule is C=C(C)C(=O)OCCSCCOCCCn1ccc(=O)[nH]c1=O. The fourth-order valence-corrected chi connectivity index (χ4v) is 2.24. The van der Waals surface area contributed by atoms with E-state index in [4.69, 9.17) is 9.47 Å². The number of esters is 1. The van der Waals surface area contributed by atoms with E-state index in [0.717, 1.165) is 11.5 Å². The smallest absolute Gasteiger partial charge is 0.333 e. The minimum absolute atomic E-state index is 0.362. The number of H-pyrrole nitrogens is 1. The molecule has 0 aromatic carbocycles. The van der Waals surface area contributed by atoms with Crippen LogP contribution in [0, 0.1) is 0 Å². The third kappa shape index (κ3) is 8.41. The highest BCUT2D eigenvalue weighted by molar-refractivity contribution is 7.99. The van der Waals surface area contributed by atoms with Crippen molar-refractivity contribution in [2.24, 2.45) is 0 Å². The number of aromatic nitrogens is 2. The Morgan fingerprint density at radius 1 is 1.30 bits per heavy atom. The third-order valence-electron chi connectivity index (χ3n) is 2.77. The van der Waals surface area contributed by atoms with Crippen molar-refractivity contribution in [3.8, 4) is 0 Å². The number of carbonyl (C=O) groups excluding carboxylic acids is 1. The number of carbonyl (C=O) groups is 1. The summed E-state index contributed by atoms with van der Waals surface area (Å²) in [6, 6.07) is 1.32. The number of aryl methyl sites for hydroxylation is 1. The third-order valence-corrected chi connectivity index (χ3v) is 3.68. The van der Waals surface area contributed by atoms with Gasteiger partial charge in [-0.05, 0) is 13.3 Å². The largest absolute Gasteiger partial charge is 0.461 e. The molecule has 1 rings (SSSR count). The van der Waals surface area contributed by atoms with E-state index in [1.54, 1.807) is 18.7 Å². The van der Waals surface area contributed by atoms with Crippen LogP contribution in [0.5, 0.6) is 0 Å². The summed E-state index contributed by atoms with van der Waals surface area (Å²) in [6.45, 7) is 7.12. The molecule has 128 valence electrons. The van der Waals surface area contributed by atoms with Crippen LogP contribution in [-0.2, 0) is 20.8 Å². The van der Waals surface area contributed by atoms with E-state index in [-0.39, 0.29) is 5.97 Å². The Kier molecular flexibility index (Phi) is 9.08. The molecule has 8 heteroatoms. The Morgan fingerprint density at radius 3 is 2.74 bits per heavy atom. The van der Waals surface area contributed by atoms with Crippen molar-refractivity contribution < 1.29 is 14.3 Å². The first-order valence-electron chi connectivity index (χ1n) is 7.28. The second-order valence-electron chi connectivity index (χ2n) is 4.80. The Balaban J connectivity index is 1.98. The molecule has 0 spiro atoms. The summed E-state index contributed by atoms with van der Waals surface area (Å²) >= 11 is 1.64. The molecule has 23 heavy (non-hydrogen) atoms. The maximum Gasteiger partial charge on any atom is 0.333 e. The molecule has 0 saturated carbocycles. The number of nitrogens with one attached hydrogen (secondary N) is 1. The molecule has 0 atom stereocenters. The van der Waals surface area contributed by atoms with Gasteiger partial charge in [0.25, 0.3) is 5.56 Å². The molecular weight excluding hydrogens is 320 g/mol. The van der Waals surface area contributed by atoms with Crippen LogP contribution in [0.25, 0.3) is 0 Å². The number of rotatable bonds is 11. The second kappa shape index (κ2) is 10.8. The Labute approximate surface area is 138 Å². The van der Waals surface area contributed by atoms with E-state index >= 15 is 0 Å². The van der Waals surface area contributed by atoms with Gasteiger partial charge in [0.2, 0.25) is 0 Å². The van der Waals surface area contributed by atoms with Crippen molar-refractivity contribution in [1.29, 1.82) is 0 Å². The predicted octanol–water partition coefficient (Wildman–Crippen LogP) is 0.796. The monoisotopic (exact) mass is 342 g/mol. The molecule has 1 N–H and O–H groups in total. The molecule has 7 nitrogen and oxygen atoms in total. The molecule has 0 fully saturated rings.